The van der Waals surface area contributed by atoms with Gasteiger partial charge in [-0.1, -0.05) is 5.92 Å². The van der Waals surface area contributed by atoms with E-state index in [0.717, 1.165) is 0 Å². The Kier molecular flexibility index (Phi) is 4.50. The van der Waals surface area contributed by atoms with E-state index in [1.807, 2.05) is 20.8 Å². The van der Waals surface area contributed by atoms with Crippen LogP contribution in [0.15, 0.2) is 0 Å². The van der Waals surface area contributed by atoms with Gasteiger partial charge in [0.15, 0.2) is 0 Å². The molecule has 0 aromatic carbocycles. The second kappa shape index (κ2) is 4.88. The summed E-state index contributed by atoms with van der Waals surface area (Å²) >= 11 is 0. The summed E-state index contributed by atoms with van der Waals surface area (Å²) in [5, 5.41) is 0. The van der Waals surface area contributed by atoms with Gasteiger partial charge in [0.2, 0.25) is 0 Å². The average molecular weight is 183 g/mol. The van der Waals surface area contributed by atoms with Crippen molar-refractivity contribution in [3.63, 3.8) is 0 Å². The van der Waals surface area contributed by atoms with Crippen LogP contribution in [0.1, 0.15) is 27.2 Å². The predicted molar refractivity (Wildman–Crippen MR) is 51.8 cm³/mol. The number of carbonyl (C=O) groups is 1. The lowest BCUT2D eigenvalue weighted by atomic mass is 9.97. The van der Waals surface area contributed by atoms with Crippen LogP contribution < -0.4 is 5.73 Å². The van der Waals surface area contributed by atoms with E-state index in [1.165, 1.54) is 7.11 Å². The highest BCUT2D eigenvalue weighted by atomic mass is 16.5. The molecule has 3 heteroatoms. The van der Waals surface area contributed by atoms with E-state index in [-0.39, 0.29) is 5.41 Å². The molecule has 74 valence electrons. The predicted octanol–water partition coefficient (Wildman–Crippen LogP) is 0.926. The summed E-state index contributed by atoms with van der Waals surface area (Å²) < 4.78 is 4.46. The molecular formula is C10H17NO2. The standard InChI is InChI=1S/C10H17NO2/c1-10(2,3)7-5-6-8(11)9(12)13-4/h8H,6,11H2,1-4H3/t8-/m0/s1. The monoisotopic (exact) mass is 183 g/mol. The largest absolute Gasteiger partial charge is 0.468 e. The first kappa shape index (κ1) is 12.0. The zero-order valence-electron chi connectivity index (χ0n) is 8.68. The maximum Gasteiger partial charge on any atom is 0.323 e. The van der Waals surface area contributed by atoms with E-state index in [9.17, 15) is 4.79 Å². The van der Waals surface area contributed by atoms with Crippen molar-refractivity contribution in [3.8, 4) is 11.8 Å². The Bertz CT molecular complexity index is 230. The van der Waals surface area contributed by atoms with Crippen LogP contribution >= 0.6 is 0 Å². The molecule has 13 heavy (non-hydrogen) atoms. The molecule has 0 aliphatic carbocycles. The summed E-state index contributed by atoms with van der Waals surface area (Å²) in [7, 11) is 1.32. The summed E-state index contributed by atoms with van der Waals surface area (Å²) in [5.41, 5.74) is 5.43. The zero-order valence-corrected chi connectivity index (χ0v) is 8.68. The third kappa shape index (κ3) is 6.18. The number of hydrogen-bond acceptors (Lipinski definition) is 3. The number of esters is 1. The molecule has 0 saturated heterocycles. The van der Waals surface area contributed by atoms with E-state index in [1.54, 1.807) is 0 Å². The Hall–Kier alpha value is -1.01. The second-order valence-corrected chi connectivity index (χ2v) is 3.89. The van der Waals surface area contributed by atoms with Crippen LogP contribution in [-0.2, 0) is 9.53 Å². The van der Waals surface area contributed by atoms with Crippen LogP contribution in [0.25, 0.3) is 0 Å². The first-order chi connectivity index (χ1) is 5.87. The quantitative estimate of drug-likeness (QED) is 0.511. The van der Waals surface area contributed by atoms with E-state index < -0.39 is 12.0 Å². The molecule has 0 amide bonds. The van der Waals surface area contributed by atoms with Crippen molar-refractivity contribution in [1.29, 1.82) is 0 Å². The molecule has 0 rings (SSSR count). The van der Waals surface area contributed by atoms with Gasteiger partial charge in [-0.3, -0.25) is 4.79 Å². The number of nitrogens with two attached hydrogens (primary N) is 1. The lowest BCUT2D eigenvalue weighted by molar-refractivity contribution is -0.142. The van der Waals surface area contributed by atoms with E-state index in [2.05, 4.69) is 16.6 Å². The van der Waals surface area contributed by atoms with Crippen molar-refractivity contribution in [3.05, 3.63) is 0 Å². The molecule has 0 aromatic heterocycles. The number of hydrogen-bond donors (Lipinski definition) is 1. The third-order valence-corrected chi connectivity index (χ3v) is 1.29. The molecule has 0 unspecified atom stereocenters. The zero-order chi connectivity index (χ0) is 10.5. The lowest BCUT2D eigenvalue weighted by Crippen LogP contribution is -2.30. The van der Waals surface area contributed by atoms with Crippen molar-refractivity contribution < 1.29 is 9.53 Å². The molecule has 0 aliphatic heterocycles. The number of rotatable bonds is 2. The van der Waals surface area contributed by atoms with Crippen LogP contribution in [0.5, 0.6) is 0 Å². The van der Waals surface area contributed by atoms with Gasteiger partial charge in [-0.05, 0) is 20.8 Å². The number of ether oxygens (including phenoxy) is 1. The van der Waals surface area contributed by atoms with Crippen LogP contribution in [0.2, 0.25) is 0 Å². The molecule has 0 spiro atoms. The Balaban J connectivity index is 4.00. The van der Waals surface area contributed by atoms with Crippen molar-refractivity contribution in [1.82, 2.24) is 0 Å². The van der Waals surface area contributed by atoms with Crippen LogP contribution in [0.3, 0.4) is 0 Å². The first-order valence-electron chi connectivity index (χ1n) is 4.20. The van der Waals surface area contributed by atoms with Crippen LogP contribution in [-0.4, -0.2) is 19.1 Å². The molecule has 2 N–H and O–H groups in total. The van der Waals surface area contributed by atoms with Gasteiger partial charge in [0.25, 0.3) is 0 Å². The van der Waals surface area contributed by atoms with Gasteiger partial charge in [-0.25, -0.2) is 0 Å². The molecule has 1 atom stereocenters. The summed E-state index contributed by atoms with van der Waals surface area (Å²) in [6, 6.07) is -0.625. The fourth-order valence-corrected chi connectivity index (χ4v) is 0.661. The lowest BCUT2D eigenvalue weighted by Gasteiger charge is -2.08. The Morgan fingerprint density at radius 3 is 2.46 bits per heavy atom. The van der Waals surface area contributed by atoms with E-state index in [4.69, 9.17) is 5.73 Å². The molecule has 0 radical (unpaired) electrons. The summed E-state index contributed by atoms with van der Waals surface area (Å²) in [6.45, 7) is 6.01. The van der Waals surface area contributed by atoms with Crippen molar-refractivity contribution in [2.45, 2.75) is 33.2 Å². The highest BCUT2D eigenvalue weighted by Gasteiger charge is 2.11. The molecule has 0 aliphatic rings. The van der Waals surface area contributed by atoms with Gasteiger partial charge < -0.3 is 10.5 Å². The maximum absolute atomic E-state index is 10.9. The molecular weight excluding hydrogens is 166 g/mol. The van der Waals surface area contributed by atoms with Crippen LogP contribution in [0, 0.1) is 17.3 Å². The maximum atomic E-state index is 10.9. The van der Waals surface area contributed by atoms with Gasteiger partial charge in [0.1, 0.15) is 6.04 Å². The third-order valence-electron chi connectivity index (χ3n) is 1.29. The first-order valence-corrected chi connectivity index (χ1v) is 4.20. The van der Waals surface area contributed by atoms with Gasteiger partial charge in [0, 0.05) is 11.8 Å². The smallest absolute Gasteiger partial charge is 0.323 e. The van der Waals surface area contributed by atoms with Gasteiger partial charge in [-0.2, -0.15) is 0 Å². The number of methoxy groups -OCH3 is 1. The second-order valence-electron chi connectivity index (χ2n) is 3.89. The van der Waals surface area contributed by atoms with Gasteiger partial charge in [-0.15, -0.1) is 5.92 Å². The van der Waals surface area contributed by atoms with Crippen molar-refractivity contribution in [2.24, 2.45) is 11.1 Å². The summed E-state index contributed by atoms with van der Waals surface area (Å²) in [6.07, 6.45) is 0.351. The normalized spacial score (nSPS) is 12.7. The summed E-state index contributed by atoms with van der Waals surface area (Å²) in [5.74, 6) is 5.44. The van der Waals surface area contributed by atoms with E-state index >= 15 is 0 Å². The molecule has 0 fully saturated rings. The van der Waals surface area contributed by atoms with Crippen LogP contribution in [0.4, 0.5) is 0 Å². The minimum atomic E-state index is -0.625. The SMILES string of the molecule is COC(=O)[C@@H](N)CC#CC(C)(C)C. The molecule has 3 nitrogen and oxygen atoms in total. The van der Waals surface area contributed by atoms with E-state index in [0.29, 0.717) is 6.42 Å². The number of carbonyl (C=O) groups excluding carboxylic acids is 1. The molecule has 0 bridgehead atoms. The van der Waals surface area contributed by atoms with Gasteiger partial charge in [0.05, 0.1) is 7.11 Å². The average Bonchev–Trinajstić information content (AvgIpc) is 2.00. The fourth-order valence-electron chi connectivity index (χ4n) is 0.661. The molecule has 0 heterocycles. The topological polar surface area (TPSA) is 52.3 Å². The van der Waals surface area contributed by atoms with Crippen molar-refractivity contribution >= 4 is 5.97 Å². The fraction of sp³-hybridized carbons (Fsp3) is 0.700. The minimum absolute atomic E-state index is 0.0458. The molecule has 0 aromatic rings. The minimum Gasteiger partial charge on any atom is -0.468 e. The molecule has 0 saturated carbocycles. The highest BCUT2D eigenvalue weighted by molar-refractivity contribution is 5.75. The summed E-state index contributed by atoms with van der Waals surface area (Å²) in [4.78, 5) is 10.9. The van der Waals surface area contributed by atoms with Crippen molar-refractivity contribution in [2.75, 3.05) is 7.11 Å². The Morgan fingerprint density at radius 2 is 2.08 bits per heavy atom. The highest BCUT2D eigenvalue weighted by Crippen LogP contribution is 2.09. The Morgan fingerprint density at radius 1 is 1.54 bits per heavy atom. The Labute approximate surface area is 79.6 Å². The van der Waals surface area contributed by atoms with Gasteiger partial charge >= 0.3 is 5.97 Å².